The Morgan fingerprint density at radius 1 is 0.962 bits per heavy atom. The fraction of sp³-hybridized carbons (Fsp3) is 0.318. The van der Waals surface area contributed by atoms with Crippen molar-refractivity contribution in [2.75, 3.05) is 13.1 Å². The van der Waals surface area contributed by atoms with Crippen LogP contribution in [0.3, 0.4) is 0 Å². The molecule has 4 nitrogen and oxygen atoms in total. The van der Waals surface area contributed by atoms with Crippen molar-refractivity contribution >= 4 is 21.8 Å². The van der Waals surface area contributed by atoms with Gasteiger partial charge in [-0.05, 0) is 75.0 Å². The molecule has 0 saturated carbocycles. The fourth-order valence-electron chi connectivity index (χ4n) is 4.38. The van der Waals surface area contributed by atoms with Crippen LogP contribution < -0.4 is 5.32 Å². The summed E-state index contributed by atoms with van der Waals surface area (Å²) in [6, 6.07) is 13.5. The number of hydrogen-bond acceptors (Lipinski definition) is 3. The molecule has 132 valence electrons. The maximum absolute atomic E-state index is 5.34. The van der Waals surface area contributed by atoms with E-state index in [0.29, 0.717) is 5.92 Å². The lowest BCUT2D eigenvalue weighted by molar-refractivity contribution is 0.393. The standard InChI is InChI=1S/C22H23N3O/c1-13-22(14(2)26-25-13)17-3-5-18-19-11-16(15-7-9-23-10-8-15)4-6-20(19)24-21(18)12-17/h3-6,11-12,15,23-24H,7-10H2,1-2H3. The minimum atomic E-state index is 0.673. The monoisotopic (exact) mass is 345 g/mol. The molecule has 1 aliphatic rings. The molecular weight excluding hydrogens is 322 g/mol. The van der Waals surface area contributed by atoms with Crippen LogP contribution in [0.1, 0.15) is 35.8 Å². The predicted octanol–water partition coefficient (Wildman–Crippen LogP) is 5.06. The van der Waals surface area contributed by atoms with E-state index in [4.69, 9.17) is 4.52 Å². The van der Waals surface area contributed by atoms with Gasteiger partial charge in [-0.1, -0.05) is 23.4 Å². The third kappa shape index (κ3) is 2.44. The maximum Gasteiger partial charge on any atom is 0.141 e. The predicted molar refractivity (Wildman–Crippen MR) is 106 cm³/mol. The number of aromatic nitrogens is 2. The molecule has 2 N–H and O–H groups in total. The highest BCUT2D eigenvalue weighted by Crippen LogP contribution is 2.34. The highest BCUT2D eigenvalue weighted by atomic mass is 16.5. The highest BCUT2D eigenvalue weighted by Gasteiger charge is 2.17. The van der Waals surface area contributed by atoms with E-state index in [9.17, 15) is 0 Å². The molecule has 1 fully saturated rings. The summed E-state index contributed by atoms with van der Waals surface area (Å²) in [6.07, 6.45) is 2.45. The summed E-state index contributed by atoms with van der Waals surface area (Å²) in [5.41, 5.74) is 7.02. The van der Waals surface area contributed by atoms with Gasteiger partial charge in [0.2, 0.25) is 0 Å². The molecule has 4 aromatic rings. The zero-order valence-corrected chi connectivity index (χ0v) is 15.2. The second-order valence-electron chi connectivity index (χ2n) is 7.41. The summed E-state index contributed by atoms with van der Waals surface area (Å²) in [5.74, 6) is 1.54. The average Bonchev–Trinajstić information content (AvgIpc) is 3.20. The van der Waals surface area contributed by atoms with Gasteiger partial charge in [0.25, 0.3) is 0 Å². The number of rotatable bonds is 2. The van der Waals surface area contributed by atoms with Gasteiger partial charge in [0.15, 0.2) is 0 Å². The lowest BCUT2D eigenvalue weighted by Crippen LogP contribution is -2.26. The number of aromatic amines is 1. The molecule has 2 aromatic heterocycles. The van der Waals surface area contributed by atoms with E-state index >= 15 is 0 Å². The molecule has 0 amide bonds. The average molecular weight is 345 g/mol. The molecule has 26 heavy (non-hydrogen) atoms. The van der Waals surface area contributed by atoms with Gasteiger partial charge >= 0.3 is 0 Å². The molecular formula is C22H23N3O. The van der Waals surface area contributed by atoms with Gasteiger partial charge in [-0.3, -0.25) is 0 Å². The van der Waals surface area contributed by atoms with E-state index in [1.54, 1.807) is 0 Å². The Balaban J connectivity index is 1.63. The fourth-order valence-corrected chi connectivity index (χ4v) is 4.38. The third-order valence-corrected chi connectivity index (χ3v) is 5.76. The second kappa shape index (κ2) is 5.99. The Morgan fingerprint density at radius 2 is 1.81 bits per heavy atom. The van der Waals surface area contributed by atoms with Gasteiger partial charge in [0, 0.05) is 27.4 Å². The Labute approximate surface area is 152 Å². The van der Waals surface area contributed by atoms with E-state index in [0.717, 1.165) is 35.7 Å². The Bertz CT molecular complexity index is 1080. The van der Waals surface area contributed by atoms with Gasteiger partial charge in [0.1, 0.15) is 5.76 Å². The summed E-state index contributed by atoms with van der Waals surface area (Å²) in [6.45, 7) is 6.21. The number of fused-ring (bicyclic) bond motifs is 3. The van der Waals surface area contributed by atoms with Crippen LogP contribution in [-0.2, 0) is 0 Å². The van der Waals surface area contributed by atoms with Crippen molar-refractivity contribution in [2.24, 2.45) is 0 Å². The molecule has 2 aromatic carbocycles. The number of aryl methyl sites for hydroxylation is 2. The number of H-pyrrole nitrogens is 1. The topological polar surface area (TPSA) is 53.9 Å². The van der Waals surface area contributed by atoms with Crippen molar-refractivity contribution in [1.29, 1.82) is 0 Å². The normalized spacial score (nSPS) is 15.9. The van der Waals surface area contributed by atoms with Crippen LogP contribution in [0.2, 0.25) is 0 Å². The van der Waals surface area contributed by atoms with Crippen molar-refractivity contribution in [1.82, 2.24) is 15.5 Å². The number of nitrogens with one attached hydrogen (secondary N) is 2. The summed E-state index contributed by atoms with van der Waals surface area (Å²) in [5, 5.41) is 10.1. The number of benzene rings is 2. The molecule has 0 atom stereocenters. The molecule has 3 heterocycles. The van der Waals surface area contributed by atoms with E-state index in [-0.39, 0.29) is 0 Å². The highest BCUT2D eigenvalue weighted by molar-refractivity contribution is 6.08. The zero-order valence-electron chi connectivity index (χ0n) is 15.2. The van der Waals surface area contributed by atoms with Crippen LogP contribution in [0.4, 0.5) is 0 Å². The van der Waals surface area contributed by atoms with Crippen LogP contribution in [0.5, 0.6) is 0 Å². The molecule has 0 unspecified atom stereocenters. The van der Waals surface area contributed by atoms with Crippen molar-refractivity contribution in [2.45, 2.75) is 32.6 Å². The summed E-state index contributed by atoms with van der Waals surface area (Å²) < 4.78 is 5.34. The largest absolute Gasteiger partial charge is 0.361 e. The molecule has 1 aliphatic heterocycles. The molecule has 4 heteroatoms. The number of nitrogens with zero attached hydrogens (tertiary/aromatic N) is 1. The van der Waals surface area contributed by atoms with Gasteiger partial charge in [-0.15, -0.1) is 0 Å². The summed E-state index contributed by atoms with van der Waals surface area (Å²) in [4.78, 5) is 3.59. The second-order valence-corrected chi connectivity index (χ2v) is 7.41. The van der Waals surface area contributed by atoms with Crippen LogP contribution in [0.25, 0.3) is 32.9 Å². The van der Waals surface area contributed by atoms with Crippen molar-refractivity contribution in [3.8, 4) is 11.1 Å². The minimum absolute atomic E-state index is 0.673. The number of piperidine rings is 1. The van der Waals surface area contributed by atoms with Gasteiger partial charge in [0.05, 0.1) is 5.69 Å². The lowest BCUT2D eigenvalue weighted by Gasteiger charge is -2.23. The molecule has 0 radical (unpaired) electrons. The van der Waals surface area contributed by atoms with E-state index in [1.807, 2.05) is 13.8 Å². The van der Waals surface area contributed by atoms with E-state index < -0.39 is 0 Å². The van der Waals surface area contributed by atoms with Crippen molar-refractivity contribution in [3.05, 3.63) is 53.4 Å². The first-order valence-electron chi connectivity index (χ1n) is 9.40. The minimum Gasteiger partial charge on any atom is -0.361 e. The Morgan fingerprint density at radius 3 is 2.58 bits per heavy atom. The quantitative estimate of drug-likeness (QED) is 0.534. The Kier molecular flexibility index (Phi) is 3.61. The van der Waals surface area contributed by atoms with Gasteiger partial charge in [-0.25, -0.2) is 0 Å². The summed E-state index contributed by atoms with van der Waals surface area (Å²) >= 11 is 0. The van der Waals surface area contributed by atoms with E-state index in [2.05, 4.69) is 51.9 Å². The first-order valence-corrected chi connectivity index (χ1v) is 9.40. The van der Waals surface area contributed by atoms with Crippen LogP contribution in [-0.4, -0.2) is 23.2 Å². The first-order chi connectivity index (χ1) is 12.7. The molecule has 0 aliphatic carbocycles. The van der Waals surface area contributed by atoms with Crippen molar-refractivity contribution in [3.63, 3.8) is 0 Å². The zero-order chi connectivity index (χ0) is 17.7. The molecule has 0 spiro atoms. The summed E-state index contributed by atoms with van der Waals surface area (Å²) in [7, 11) is 0. The molecule has 5 rings (SSSR count). The van der Waals surface area contributed by atoms with Crippen LogP contribution >= 0.6 is 0 Å². The molecule has 1 saturated heterocycles. The van der Waals surface area contributed by atoms with Crippen LogP contribution in [0, 0.1) is 13.8 Å². The SMILES string of the molecule is Cc1noc(C)c1-c1ccc2c(c1)[nH]c1ccc(C3CCNCC3)cc12. The lowest BCUT2D eigenvalue weighted by atomic mass is 9.89. The van der Waals surface area contributed by atoms with E-state index in [1.165, 1.54) is 40.2 Å². The van der Waals surface area contributed by atoms with Crippen LogP contribution in [0.15, 0.2) is 40.9 Å². The third-order valence-electron chi connectivity index (χ3n) is 5.76. The first kappa shape index (κ1) is 15.6. The Hall–Kier alpha value is -2.59. The van der Waals surface area contributed by atoms with Gasteiger partial charge < -0.3 is 14.8 Å². The number of hydrogen-bond donors (Lipinski definition) is 2. The smallest absolute Gasteiger partial charge is 0.141 e. The maximum atomic E-state index is 5.34. The molecule has 0 bridgehead atoms. The van der Waals surface area contributed by atoms with Gasteiger partial charge in [-0.2, -0.15) is 0 Å². The van der Waals surface area contributed by atoms with Crippen molar-refractivity contribution < 1.29 is 4.52 Å².